The van der Waals surface area contributed by atoms with E-state index in [1.807, 2.05) is 0 Å². The van der Waals surface area contributed by atoms with E-state index in [0.717, 1.165) is 176 Å². The Hall–Kier alpha value is -6.24. The molecule has 9 rings (SSSR count). The van der Waals surface area contributed by atoms with E-state index in [4.69, 9.17) is 19.4 Å². The Morgan fingerprint density at radius 2 is 0.611 bits per heavy atom. The van der Waals surface area contributed by atoms with Crippen LogP contribution in [0.3, 0.4) is 0 Å². The molecule has 2 aliphatic rings. The molecule has 72 heavy (non-hydrogen) atoms. The van der Waals surface area contributed by atoms with Gasteiger partial charge in [0.15, 0.2) is 0 Å². The van der Waals surface area contributed by atoms with Crippen LogP contribution >= 0.6 is 0 Å². The Balaban J connectivity index is 0.921. The molecule has 7 aromatic rings. The topological polar surface area (TPSA) is 81.3 Å². The minimum Gasteiger partial charge on any atom is -0.489 e. The van der Waals surface area contributed by atoms with E-state index in [1.165, 1.54) is 22.3 Å². The van der Waals surface area contributed by atoms with Crippen LogP contribution in [0.15, 0.2) is 170 Å². The predicted molar refractivity (Wildman–Crippen MR) is 290 cm³/mol. The average Bonchev–Trinajstić information content (AvgIpc) is 3.40. The van der Waals surface area contributed by atoms with Gasteiger partial charge in [0, 0.05) is 103 Å². The largest absolute Gasteiger partial charge is 0.489 e. The third-order valence-electron chi connectivity index (χ3n) is 13.5. The number of pyridine rings is 2. The monoisotopic (exact) mass is 963 g/mol. The molecule has 2 aliphatic heterocycles. The maximum absolute atomic E-state index is 6.74. The van der Waals surface area contributed by atoms with Crippen molar-refractivity contribution in [2.75, 3.05) is 52.4 Å². The second kappa shape index (κ2) is 27.5. The molecule has 0 aliphatic carbocycles. The lowest BCUT2D eigenvalue weighted by molar-refractivity contribution is 0.234. The number of nitrogens with zero attached hydrogens (tertiary/aromatic N) is 6. The first-order valence-corrected chi connectivity index (χ1v) is 26.4. The number of hydrogen-bond donors (Lipinski definition) is 2. The van der Waals surface area contributed by atoms with E-state index >= 15 is 0 Å². The minimum atomic E-state index is 0.442. The third kappa shape index (κ3) is 16.9. The lowest BCUT2D eigenvalue weighted by atomic mass is 10.1. The molecular weight excluding hydrogens is 889 g/mol. The molecule has 5 aromatic carbocycles. The fraction of sp³-hybridized carbons (Fsp3) is 0.355. The summed E-state index contributed by atoms with van der Waals surface area (Å²) in [5.74, 6) is 1.71. The SMILES string of the molecule is c1ccc(CN2CCCNCCCN(Cc3ccccc3)Cc3cc(OCc4cccc(COc5cc6nc(c5)CN(Cc5ccccc5)CCCNCCCN(Cc5ccccc5)C6)c4)cc(n3)C2)cc1. The van der Waals surface area contributed by atoms with Crippen LogP contribution in [0.1, 0.15) is 81.8 Å². The molecule has 0 radical (unpaired) electrons. The number of ether oxygens (including phenoxy) is 2. The van der Waals surface area contributed by atoms with Crippen LogP contribution in [0.5, 0.6) is 11.5 Å². The van der Waals surface area contributed by atoms with Crippen LogP contribution in [0.2, 0.25) is 0 Å². The Kier molecular flexibility index (Phi) is 19.4. The third-order valence-corrected chi connectivity index (χ3v) is 13.5. The Labute approximate surface area is 429 Å². The molecule has 0 saturated carbocycles. The summed E-state index contributed by atoms with van der Waals surface area (Å²) in [6.07, 6.45) is 4.30. The first kappa shape index (κ1) is 50.7. The van der Waals surface area contributed by atoms with Crippen molar-refractivity contribution >= 4 is 0 Å². The van der Waals surface area contributed by atoms with E-state index in [1.54, 1.807) is 0 Å². The van der Waals surface area contributed by atoms with Crippen molar-refractivity contribution in [3.63, 3.8) is 0 Å². The zero-order valence-electron chi connectivity index (χ0n) is 42.2. The quantitative estimate of drug-likeness (QED) is 0.110. The van der Waals surface area contributed by atoms with Gasteiger partial charge in [-0.1, -0.05) is 140 Å². The lowest BCUT2D eigenvalue weighted by Gasteiger charge is -2.26. The van der Waals surface area contributed by atoms with E-state index < -0.39 is 0 Å². The Morgan fingerprint density at radius 3 is 0.903 bits per heavy atom. The van der Waals surface area contributed by atoms with E-state index in [0.29, 0.717) is 13.2 Å². The van der Waals surface area contributed by atoms with Crippen LogP contribution in [0.4, 0.5) is 0 Å². The fourth-order valence-electron chi connectivity index (χ4n) is 9.97. The number of benzene rings is 5. The van der Waals surface area contributed by atoms with Gasteiger partial charge in [0.05, 0.1) is 22.8 Å². The van der Waals surface area contributed by atoms with Gasteiger partial charge in [-0.3, -0.25) is 29.6 Å². The van der Waals surface area contributed by atoms with Crippen LogP contribution < -0.4 is 20.1 Å². The summed E-state index contributed by atoms with van der Waals surface area (Å²) in [4.78, 5) is 20.8. The zero-order valence-corrected chi connectivity index (χ0v) is 42.2. The highest BCUT2D eigenvalue weighted by Gasteiger charge is 2.18. The number of rotatable bonds is 14. The highest BCUT2D eigenvalue weighted by molar-refractivity contribution is 5.31. The van der Waals surface area contributed by atoms with Gasteiger partial charge in [0.2, 0.25) is 0 Å². The number of aromatic nitrogens is 2. The molecule has 374 valence electrons. The van der Waals surface area contributed by atoms with Crippen molar-refractivity contribution in [1.29, 1.82) is 0 Å². The minimum absolute atomic E-state index is 0.442. The first-order chi connectivity index (χ1) is 35.6. The summed E-state index contributed by atoms with van der Waals surface area (Å²) in [5, 5.41) is 7.43. The first-order valence-electron chi connectivity index (χ1n) is 26.4. The van der Waals surface area contributed by atoms with E-state index in [2.05, 4.69) is 200 Å². The molecular formula is C62H74N8O2. The van der Waals surface area contributed by atoms with Crippen LogP contribution in [-0.2, 0) is 65.6 Å². The van der Waals surface area contributed by atoms with Gasteiger partial charge >= 0.3 is 0 Å². The molecule has 10 heteroatoms. The summed E-state index contributed by atoms with van der Waals surface area (Å²) in [5.41, 5.74) is 11.6. The predicted octanol–water partition coefficient (Wildman–Crippen LogP) is 10.4. The molecule has 10 nitrogen and oxygen atoms in total. The van der Waals surface area contributed by atoms with Gasteiger partial charge in [-0.25, -0.2) is 0 Å². The molecule has 4 heterocycles. The highest BCUT2D eigenvalue weighted by Crippen LogP contribution is 2.24. The van der Waals surface area contributed by atoms with Crippen LogP contribution in [-0.4, -0.2) is 81.9 Å². The Bertz CT molecular complexity index is 2330. The van der Waals surface area contributed by atoms with Crippen molar-refractivity contribution in [2.45, 2.75) is 91.3 Å². The van der Waals surface area contributed by atoms with Crippen LogP contribution in [0.25, 0.3) is 0 Å². The Morgan fingerprint density at radius 1 is 0.333 bits per heavy atom. The lowest BCUT2D eigenvalue weighted by Crippen LogP contribution is -2.31. The maximum atomic E-state index is 6.74. The van der Waals surface area contributed by atoms with Crippen molar-refractivity contribution in [3.8, 4) is 11.5 Å². The molecule has 0 amide bonds. The number of hydrogen-bond acceptors (Lipinski definition) is 10. The summed E-state index contributed by atoms with van der Waals surface area (Å²) in [7, 11) is 0. The van der Waals surface area contributed by atoms with E-state index in [9.17, 15) is 0 Å². The normalized spacial score (nSPS) is 16.6. The molecule has 0 saturated heterocycles. The summed E-state index contributed by atoms with van der Waals surface area (Å²) >= 11 is 0. The molecule has 2 N–H and O–H groups in total. The standard InChI is InChI=1S/C62H74N8O2/c1-5-18-51(19-6-1)41-67-32-14-28-63-29-15-33-68(42-52-20-7-2-8-21-52)46-58-38-61(37-57(45-67)65-58)71-49-55-26-13-27-56(36-55)50-72-62-39-59-47-69(43-53-22-9-3-10-23-53)34-16-30-64-31-17-35-70(48-60(40-62)66-59)44-54-24-11-4-12-25-54/h1-13,18-27,36-40,63-64H,14-17,28-35,41-50H2. The van der Waals surface area contributed by atoms with Gasteiger partial charge < -0.3 is 20.1 Å². The summed E-state index contributed by atoms with van der Waals surface area (Å²) in [6, 6.07) is 60.5. The second-order valence-electron chi connectivity index (χ2n) is 19.7. The highest BCUT2D eigenvalue weighted by atomic mass is 16.5. The maximum Gasteiger partial charge on any atom is 0.123 e. The van der Waals surface area contributed by atoms with Crippen LogP contribution in [0, 0.1) is 0 Å². The van der Waals surface area contributed by atoms with E-state index in [-0.39, 0.29) is 0 Å². The van der Waals surface area contributed by atoms with Crippen molar-refractivity contribution < 1.29 is 9.47 Å². The zero-order chi connectivity index (χ0) is 48.8. The molecule has 0 atom stereocenters. The van der Waals surface area contributed by atoms with Gasteiger partial charge in [-0.2, -0.15) is 0 Å². The van der Waals surface area contributed by atoms with Gasteiger partial charge in [0.1, 0.15) is 24.7 Å². The van der Waals surface area contributed by atoms with Crippen molar-refractivity contribution in [3.05, 3.63) is 226 Å². The number of fused-ring (bicyclic) bond motifs is 4. The second-order valence-corrected chi connectivity index (χ2v) is 19.7. The molecule has 0 fully saturated rings. The number of nitrogens with one attached hydrogen (secondary N) is 2. The summed E-state index contributed by atoms with van der Waals surface area (Å²) < 4.78 is 13.5. The van der Waals surface area contributed by atoms with Gasteiger partial charge in [-0.05, 0) is 91.3 Å². The average molecular weight is 963 g/mol. The fourth-order valence-corrected chi connectivity index (χ4v) is 9.97. The van der Waals surface area contributed by atoms with Crippen molar-refractivity contribution in [1.82, 2.24) is 40.2 Å². The molecule has 4 bridgehead atoms. The van der Waals surface area contributed by atoms with Gasteiger partial charge in [0.25, 0.3) is 0 Å². The smallest absolute Gasteiger partial charge is 0.123 e. The molecule has 2 aromatic heterocycles. The summed E-state index contributed by atoms with van der Waals surface area (Å²) in [6.45, 7) is 15.3. The molecule has 0 unspecified atom stereocenters. The molecule has 0 spiro atoms. The van der Waals surface area contributed by atoms with Crippen molar-refractivity contribution in [2.24, 2.45) is 0 Å². The van der Waals surface area contributed by atoms with Gasteiger partial charge in [-0.15, -0.1) is 0 Å².